The fourth-order valence-corrected chi connectivity index (χ4v) is 14.8. The van der Waals surface area contributed by atoms with E-state index in [1.165, 1.54) is 50.0 Å². The van der Waals surface area contributed by atoms with Crippen LogP contribution in [0.5, 0.6) is 5.75 Å². The number of aliphatic hydroxyl groups is 1. The Morgan fingerprint density at radius 2 is 1.51 bits per heavy atom. The molecule has 5 aromatic rings. The van der Waals surface area contributed by atoms with Crippen molar-refractivity contribution < 1.29 is 86.5 Å². The Balaban J connectivity index is 0.771. The number of para-hydroxylation sites is 1. The number of hydrogen-bond donors (Lipinski definition) is 3. The minimum absolute atomic E-state index is 0.00815. The molecule has 0 radical (unpaired) electrons. The number of esters is 1. The molecule has 4 aromatic carbocycles. The van der Waals surface area contributed by atoms with E-state index < -0.39 is 90.1 Å². The molecule has 4 aliphatic heterocycles. The zero-order valence-electron chi connectivity index (χ0n) is 60.9. The molecule has 10 rings (SSSR count). The van der Waals surface area contributed by atoms with Crippen molar-refractivity contribution in [3.63, 3.8) is 0 Å². The van der Waals surface area contributed by atoms with E-state index in [4.69, 9.17) is 54.6 Å². The molecule has 27 heteroatoms. The van der Waals surface area contributed by atoms with Gasteiger partial charge in [-0.05, 0) is 97.5 Å². The van der Waals surface area contributed by atoms with Crippen molar-refractivity contribution in [1.82, 2.24) is 34.6 Å². The second-order valence-corrected chi connectivity index (χ2v) is 28.1. The van der Waals surface area contributed by atoms with Crippen LogP contribution >= 0.6 is 11.6 Å². The number of amides is 6. The van der Waals surface area contributed by atoms with Crippen LogP contribution in [-0.4, -0.2) is 230 Å². The van der Waals surface area contributed by atoms with E-state index in [9.17, 15) is 43.5 Å². The maximum atomic E-state index is 14.6. The Hall–Kier alpha value is -8.89. The highest BCUT2D eigenvalue weighted by molar-refractivity contribution is 6.35. The lowest BCUT2D eigenvalue weighted by atomic mass is 9.83. The molecule has 1 aliphatic carbocycles. The van der Waals surface area contributed by atoms with E-state index in [-0.39, 0.29) is 100 Å². The van der Waals surface area contributed by atoms with Gasteiger partial charge in [0.05, 0.1) is 64.7 Å². The highest BCUT2D eigenvalue weighted by Gasteiger charge is 2.64. The van der Waals surface area contributed by atoms with Gasteiger partial charge >= 0.3 is 24.1 Å². The first-order valence-corrected chi connectivity index (χ1v) is 35.8. The number of ether oxygens (including phenoxy) is 8. The van der Waals surface area contributed by atoms with Crippen LogP contribution in [0, 0.1) is 5.92 Å². The number of halogens is 1. The first-order valence-electron chi connectivity index (χ1n) is 35.4. The average molecular weight is 1460 g/mol. The van der Waals surface area contributed by atoms with Crippen LogP contribution in [0.2, 0.25) is 5.02 Å². The summed E-state index contributed by atoms with van der Waals surface area (Å²) in [5.41, 5.74) is 5.00. The molecular formula is C77H97ClN8O18. The van der Waals surface area contributed by atoms with Crippen molar-refractivity contribution in [3.8, 4) is 16.9 Å². The number of rotatable bonds is 26. The number of hydrogen-bond acceptors (Lipinski definition) is 18. The van der Waals surface area contributed by atoms with Gasteiger partial charge in [-0.25, -0.2) is 24.4 Å². The van der Waals surface area contributed by atoms with Crippen molar-refractivity contribution in [2.24, 2.45) is 5.92 Å². The topological polar surface area (TPSA) is 291 Å². The predicted molar refractivity (Wildman–Crippen MR) is 386 cm³/mol. The van der Waals surface area contributed by atoms with Crippen molar-refractivity contribution in [3.05, 3.63) is 142 Å². The summed E-state index contributed by atoms with van der Waals surface area (Å²) in [4.78, 5) is 116. The fraction of sp³-hybridized carbons (Fsp3) is 0.506. The number of aromatic nitrogens is 1. The Bertz CT molecular complexity index is 3980. The molecule has 5 heterocycles. The molecule has 3 N–H and O–H groups in total. The van der Waals surface area contributed by atoms with E-state index in [1.54, 1.807) is 60.0 Å². The summed E-state index contributed by atoms with van der Waals surface area (Å²) in [6, 6.07) is 28.3. The van der Waals surface area contributed by atoms with E-state index >= 15 is 0 Å². The maximum absolute atomic E-state index is 14.6. The third-order valence-corrected chi connectivity index (χ3v) is 21.3. The zero-order chi connectivity index (χ0) is 74.7. The molecule has 8 atom stereocenters. The van der Waals surface area contributed by atoms with Crippen LogP contribution < -0.4 is 15.0 Å². The molecule has 3 fully saturated rings. The number of aryl methyl sites for hydroxylation is 1. The molecule has 560 valence electrons. The lowest BCUT2D eigenvalue weighted by Gasteiger charge is -2.42. The quantitative estimate of drug-likeness (QED) is 0.0153. The molecule has 6 amide bonds. The molecule has 5 aliphatic rings. The number of carboxylic acids is 1. The summed E-state index contributed by atoms with van der Waals surface area (Å²) in [6.45, 7) is 8.86. The number of carbonyl (C=O) groups excluding carboxylic acids is 7. The van der Waals surface area contributed by atoms with Gasteiger partial charge in [0.25, 0.3) is 0 Å². The molecule has 104 heavy (non-hydrogen) atoms. The molecule has 1 unspecified atom stereocenters. The summed E-state index contributed by atoms with van der Waals surface area (Å²) < 4.78 is 49.2. The minimum atomic E-state index is -1.92. The number of carboxylic acid groups (broad SMARTS) is 1. The smallest absolute Gasteiger partial charge is 0.424 e. The molecule has 0 saturated carbocycles. The van der Waals surface area contributed by atoms with Crippen LogP contribution in [0.1, 0.15) is 107 Å². The summed E-state index contributed by atoms with van der Waals surface area (Å²) in [5, 5.41) is 28.0. The molecule has 3 saturated heterocycles. The van der Waals surface area contributed by atoms with Gasteiger partial charge in [0.1, 0.15) is 47.3 Å². The van der Waals surface area contributed by atoms with E-state index in [0.717, 1.165) is 50.0 Å². The lowest BCUT2D eigenvalue weighted by Crippen LogP contribution is -2.63. The van der Waals surface area contributed by atoms with Gasteiger partial charge in [-0.15, -0.1) is 0 Å². The Morgan fingerprint density at radius 1 is 0.846 bits per heavy atom. The Labute approximate surface area is 611 Å². The van der Waals surface area contributed by atoms with Crippen molar-refractivity contribution in [2.45, 2.75) is 152 Å². The first kappa shape index (κ1) is 77.7. The number of methoxy groups -OCH3 is 2. The average Bonchev–Trinajstić information content (AvgIpc) is 1.58. The predicted octanol–water partition coefficient (Wildman–Crippen LogP) is 8.89. The number of likely N-dealkylation sites (tertiary alicyclic amines) is 1. The van der Waals surface area contributed by atoms with Crippen LogP contribution in [0.3, 0.4) is 0 Å². The molecule has 26 nitrogen and oxygen atoms in total. The second-order valence-electron chi connectivity index (χ2n) is 27.7. The fourth-order valence-electron chi connectivity index (χ4n) is 14.5. The molecule has 4 bridgehead atoms. The second kappa shape index (κ2) is 34.4. The van der Waals surface area contributed by atoms with Gasteiger partial charge < -0.3 is 72.3 Å². The highest BCUT2D eigenvalue weighted by atomic mass is 35.5. The molecular weight excluding hydrogens is 1360 g/mol. The van der Waals surface area contributed by atoms with E-state index in [1.807, 2.05) is 68.6 Å². The van der Waals surface area contributed by atoms with Gasteiger partial charge in [0.2, 0.25) is 23.6 Å². The summed E-state index contributed by atoms with van der Waals surface area (Å²) in [5.74, 6) is -3.80. The number of anilines is 1. The maximum Gasteiger partial charge on any atom is 0.424 e. The van der Waals surface area contributed by atoms with Crippen LogP contribution in [0.15, 0.2) is 115 Å². The number of nitrogens with one attached hydrogen (secondary N) is 1. The number of epoxide rings is 1. The van der Waals surface area contributed by atoms with E-state index in [2.05, 4.69) is 40.2 Å². The monoisotopic (exact) mass is 1460 g/mol. The SMILES string of the molecule is COc1cc2cc(c1Cl)N(C)C(=O)C[C@H](OC(=O)[C@H](C)N(C)C(=O)CCC(=O)N(CCOCCOCCC(=O)O)C1CCN(C(=O)CCn3c(CN(C)N(C)C(=O)OCC4c5ccccc5-c5ccccc54)cc4ccccc43)CC1)[C@]1(C)OC1[C@H](C)[C@@H]1C[C@@](O)(NC(=O)O1)[C@H](OC)/C=C/C=C(\C)C2. The number of alkyl carbamates (subject to hydrolysis) is 1. The highest BCUT2D eigenvalue weighted by Crippen LogP contribution is 2.50. The number of fused-ring (bicyclic) bond motifs is 9. The lowest BCUT2D eigenvalue weighted by molar-refractivity contribution is -0.162. The molecule has 1 aromatic heterocycles. The third kappa shape index (κ3) is 18.1. The summed E-state index contributed by atoms with van der Waals surface area (Å²) in [7, 11) is 9.32. The van der Waals surface area contributed by atoms with Crippen molar-refractivity contribution in [1.29, 1.82) is 0 Å². The third-order valence-electron chi connectivity index (χ3n) is 20.9. The molecule has 0 spiro atoms. The van der Waals surface area contributed by atoms with Crippen LogP contribution in [0.25, 0.3) is 22.0 Å². The Morgan fingerprint density at radius 3 is 2.19 bits per heavy atom. The summed E-state index contributed by atoms with van der Waals surface area (Å²) in [6.07, 6.45) is -0.111. The normalized spacial score (nSPS) is 23.1. The number of aliphatic carboxylic acids is 1. The van der Waals surface area contributed by atoms with Crippen molar-refractivity contribution in [2.75, 3.05) is 100.0 Å². The van der Waals surface area contributed by atoms with Crippen LogP contribution in [-0.2, 0) is 81.4 Å². The number of hydrazine groups is 1. The number of nitrogens with zero attached hydrogens (tertiary/aromatic N) is 7. The summed E-state index contributed by atoms with van der Waals surface area (Å²) >= 11 is 6.90. The largest absolute Gasteiger partial charge is 0.495 e. The first-order chi connectivity index (χ1) is 49.7. The Kier molecular flexibility index (Phi) is 25.7. The van der Waals surface area contributed by atoms with Gasteiger partial charge in [-0.2, -0.15) is 0 Å². The number of benzene rings is 4. The van der Waals surface area contributed by atoms with Gasteiger partial charge in [0, 0.05) is 116 Å². The number of allylic oxidation sites excluding steroid dienone is 3. The zero-order valence-corrected chi connectivity index (χ0v) is 61.6. The van der Waals surface area contributed by atoms with Gasteiger partial charge in [0.15, 0.2) is 5.72 Å². The van der Waals surface area contributed by atoms with E-state index in [0.29, 0.717) is 56.9 Å². The van der Waals surface area contributed by atoms with Crippen LogP contribution in [0.4, 0.5) is 15.3 Å². The number of likely N-dealkylation sites (N-methyl/N-ethyl adjacent to an activating group) is 1. The minimum Gasteiger partial charge on any atom is -0.495 e. The van der Waals surface area contributed by atoms with Gasteiger partial charge in [-0.3, -0.25) is 29.3 Å². The number of piperidine rings is 1. The van der Waals surface area contributed by atoms with Crippen molar-refractivity contribution >= 4 is 75.9 Å². The van der Waals surface area contributed by atoms with Gasteiger partial charge in [-0.1, -0.05) is 109 Å². The number of carbonyl (C=O) groups is 8. The standard InChI is InChI=1S/C77H97ClN8O18/c1-48-18-17-25-64(98-10)77(96)45-63(102-74(94)79-77)49(2)72-76(4,104-72)65(44-69(90)82(7)61-41-51(40-48)42-62(97-9)71(61)78)103-73(93)50(3)81(6)66(87)26-27-68(89)86(35-37-100-39-38-99-36-31-70(91)92)53-28-32-84(33-29-53)67(88)30-34-85-54(43-52-19-11-16-24-60(52)85)46-80(5)83(8)75(95)101-47-59-57-22-14-12-20-55(57)56-21-13-15-23-58(56)59/h11-25,41-43,49-50,53,59,63-65,72,96H,26-40,44-47H2,1-10H3,(H,79,94)(H,91,92)/b25-17+,48-18+/t49-,50+,63+,64-,65+,72?,76+,77+/m1/s1.